The molecule has 1 fully saturated rings. The highest BCUT2D eigenvalue weighted by Gasteiger charge is 2.59. The van der Waals surface area contributed by atoms with E-state index in [0.717, 1.165) is 37.5 Å². The molecule has 0 spiro atoms. The third-order valence-corrected chi connectivity index (χ3v) is 11.3. The molecule has 4 aliphatic rings. The van der Waals surface area contributed by atoms with Gasteiger partial charge in [0.2, 0.25) is 0 Å². The van der Waals surface area contributed by atoms with Crippen LogP contribution in [0.4, 0.5) is 0 Å². The van der Waals surface area contributed by atoms with Crippen molar-refractivity contribution in [1.29, 1.82) is 0 Å². The summed E-state index contributed by atoms with van der Waals surface area (Å²) in [6.45, 7) is 16.8. The van der Waals surface area contributed by atoms with Crippen molar-refractivity contribution in [3.63, 3.8) is 0 Å². The molecular weight excluding hydrogens is 460 g/mol. The van der Waals surface area contributed by atoms with Gasteiger partial charge in [-0.15, -0.1) is 0 Å². The average Bonchev–Trinajstić information content (AvgIpc) is 3.16. The van der Waals surface area contributed by atoms with Crippen molar-refractivity contribution >= 4 is 11.9 Å². The molecule has 0 aromatic heterocycles. The number of allylic oxidation sites excluding steroid dienone is 4. The number of esters is 1. The van der Waals surface area contributed by atoms with Crippen LogP contribution in [0, 0.1) is 45.8 Å². The lowest BCUT2D eigenvalue weighted by Gasteiger charge is -2.60. The second-order valence-electron chi connectivity index (χ2n) is 14.4. The van der Waals surface area contributed by atoms with Crippen LogP contribution in [0.5, 0.6) is 0 Å². The quantitative estimate of drug-likeness (QED) is 0.249. The summed E-state index contributed by atoms with van der Waals surface area (Å²) in [6.07, 6.45) is 15.6. The lowest BCUT2D eigenvalue weighted by atomic mass is 9.45. The van der Waals surface area contributed by atoms with Gasteiger partial charge in [0.25, 0.3) is 0 Å². The first kappa shape index (κ1) is 28.4. The summed E-state index contributed by atoms with van der Waals surface area (Å²) in [5.74, 6) is 1.97. The van der Waals surface area contributed by atoms with Crippen molar-refractivity contribution in [2.75, 3.05) is 0 Å². The molecule has 0 amide bonds. The highest BCUT2D eigenvalue weighted by atomic mass is 16.5. The van der Waals surface area contributed by atoms with E-state index in [9.17, 15) is 9.59 Å². The zero-order chi connectivity index (χ0) is 27.2. The van der Waals surface area contributed by atoms with Crippen LogP contribution in [0.25, 0.3) is 0 Å². The standard InChI is InChI=1S/C33H52O4/c1-21(2)9-8-10-22(3)24-12-13-25-23-11-14-27-31(4,5)28(37-30(36)16-15-29(34)35)18-20-33(27,7)26(23)17-19-32(24,25)6/h12-13,21-22,24-25,27-28H,8-11,14-20H2,1-7H3,(H,34,35)/t22-,24-,25-,27+,28+,32-,33-/m1/s1. The summed E-state index contributed by atoms with van der Waals surface area (Å²) in [4.78, 5) is 23.3. The van der Waals surface area contributed by atoms with Crippen LogP contribution in [-0.4, -0.2) is 23.1 Å². The maximum atomic E-state index is 12.4. The van der Waals surface area contributed by atoms with E-state index in [0.29, 0.717) is 23.2 Å². The summed E-state index contributed by atoms with van der Waals surface area (Å²) in [6, 6.07) is 0. The molecule has 4 nitrogen and oxygen atoms in total. The van der Waals surface area contributed by atoms with Crippen LogP contribution in [0.3, 0.4) is 0 Å². The first-order valence-electron chi connectivity index (χ1n) is 15.1. The van der Waals surface area contributed by atoms with Crippen LogP contribution in [0.1, 0.15) is 119 Å². The molecule has 7 atom stereocenters. The van der Waals surface area contributed by atoms with Gasteiger partial charge in [-0.25, -0.2) is 0 Å². The number of carboxylic acid groups (broad SMARTS) is 1. The Kier molecular flexibility index (Phi) is 8.09. The van der Waals surface area contributed by atoms with Crippen LogP contribution in [0.15, 0.2) is 23.3 Å². The fourth-order valence-electron chi connectivity index (χ4n) is 9.29. The summed E-state index contributed by atoms with van der Waals surface area (Å²) in [5, 5.41) is 8.94. The topological polar surface area (TPSA) is 63.6 Å². The van der Waals surface area contributed by atoms with Gasteiger partial charge in [0.1, 0.15) is 6.10 Å². The summed E-state index contributed by atoms with van der Waals surface area (Å²) in [5.41, 5.74) is 3.87. The predicted molar refractivity (Wildman–Crippen MR) is 149 cm³/mol. The van der Waals surface area contributed by atoms with Gasteiger partial charge in [-0.2, -0.15) is 0 Å². The third kappa shape index (κ3) is 5.20. The number of ether oxygens (including phenoxy) is 1. The van der Waals surface area contributed by atoms with Gasteiger partial charge in [-0.3, -0.25) is 9.59 Å². The molecule has 4 aliphatic carbocycles. The van der Waals surface area contributed by atoms with Crippen LogP contribution in [0.2, 0.25) is 0 Å². The molecular formula is C33H52O4. The Bertz CT molecular complexity index is 942. The minimum Gasteiger partial charge on any atom is -0.481 e. The molecule has 0 unspecified atom stereocenters. The van der Waals surface area contributed by atoms with Crippen molar-refractivity contribution in [2.45, 2.75) is 125 Å². The minimum atomic E-state index is -0.948. The van der Waals surface area contributed by atoms with Gasteiger partial charge in [0, 0.05) is 11.3 Å². The second kappa shape index (κ2) is 10.5. The largest absolute Gasteiger partial charge is 0.481 e. The molecule has 1 N–H and O–H groups in total. The SMILES string of the molecule is CC(C)CCC[C@@H](C)[C@H]1C=C[C@@H]2C3=C(CC[C@@]21C)[C@@]1(C)CC[C@H](OC(=O)CCC(=O)O)C(C)(C)[C@@H]1CC3. The smallest absolute Gasteiger partial charge is 0.306 e. The van der Waals surface area contributed by atoms with Crippen LogP contribution < -0.4 is 0 Å². The normalized spacial score (nSPS) is 37.1. The molecule has 0 bridgehead atoms. The summed E-state index contributed by atoms with van der Waals surface area (Å²) >= 11 is 0. The molecule has 1 saturated carbocycles. The molecule has 208 valence electrons. The third-order valence-electron chi connectivity index (χ3n) is 11.3. The van der Waals surface area contributed by atoms with E-state index in [1.54, 1.807) is 11.1 Å². The Morgan fingerprint density at radius 2 is 1.73 bits per heavy atom. The van der Waals surface area contributed by atoms with Gasteiger partial charge in [0.05, 0.1) is 12.8 Å². The molecule has 0 saturated heterocycles. The first-order valence-corrected chi connectivity index (χ1v) is 15.1. The molecule has 0 heterocycles. The Morgan fingerprint density at radius 3 is 2.41 bits per heavy atom. The Balaban J connectivity index is 1.50. The number of aliphatic carboxylic acids is 1. The predicted octanol–water partition coefficient (Wildman–Crippen LogP) is 8.36. The number of carbonyl (C=O) groups excluding carboxylic acids is 1. The van der Waals surface area contributed by atoms with E-state index in [1.165, 1.54) is 32.1 Å². The lowest BCUT2D eigenvalue weighted by molar-refractivity contribution is -0.170. The van der Waals surface area contributed by atoms with E-state index in [-0.39, 0.29) is 35.7 Å². The first-order chi connectivity index (χ1) is 17.3. The number of carbonyl (C=O) groups is 2. The molecule has 37 heavy (non-hydrogen) atoms. The molecule has 0 aromatic rings. The van der Waals surface area contributed by atoms with Crippen molar-refractivity contribution in [3.8, 4) is 0 Å². The Morgan fingerprint density at radius 1 is 1.00 bits per heavy atom. The highest BCUT2D eigenvalue weighted by Crippen LogP contribution is 2.67. The number of hydrogen-bond acceptors (Lipinski definition) is 3. The Labute approximate surface area is 225 Å². The van der Waals surface area contributed by atoms with Gasteiger partial charge < -0.3 is 9.84 Å². The molecule has 0 aromatic carbocycles. The number of hydrogen-bond donors (Lipinski definition) is 1. The van der Waals surface area contributed by atoms with E-state index in [4.69, 9.17) is 9.84 Å². The molecule has 0 aliphatic heterocycles. The van der Waals surface area contributed by atoms with Crippen LogP contribution >= 0.6 is 0 Å². The van der Waals surface area contributed by atoms with Gasteiger partial charge in [-0.1, -0.05) is 91.0 Å². The Hall–Kier alpha value is -1.58. The van der Waals surface area contributed by atoms with E-state index < -0.39 is 5.97 Å². The fourth-order valence-corrected chi connectivity index (χ4v) is 9.29. The maximum Gasteiger partial charge on any atom is 0.306 e. The minimum absolute atomic E-state index is 0.0389. The van der Waals surface area contributed by atoms with E-state index in [1.807, 2.05) is 0 Å². The summed E-state index contributed by atoms with van der Waals surface area (Å²) in [7, 11) is 0. The molecule has 0 radical (unpaired) electrons. The fraction of sp³-hybridized carbons (Fsp3) is 0.818. The van der Waals surface area contributed by atoms with Gasteiger partial charge >= 0.3 is 11.9 Å². The highest BCUT2D eigenvalue weighted by molar-refractivity contribution is 5.76. The zero-order valence-electron chi connectivity index (χ0n) is 24.6. The average molecular weight is 513 g/mol. The maximum absolute atomic E-state index is 12.4. The van der Waals surface area contributed by atoms with Gasteiger partial charge in [0.15, 0.2) is 0 Å². The number of fused-ring (bicyclic) bond motifs is 4. The van der Waals surface area contributed by atoms with Crippen molar-refractivity contribution < 1.29 is 19.4 Å². The molecule has 4 rings (SSSR count). The number of carboxylic acids is 1. The van der Waals surface area contributed by atoms with Crippen molar-refractivity contribution in [3.05, 3.63) is 23.3 Å². The van der Waals surface area contributed by atoms with Crippen molar-refractivity contribution in [2.24, 2.45) is 45.8 Å². The monoisotopic (exact) mass is 512 g/mol. The lowest BCUT2D eigenvalue weighted by Crippen LogP contribution is -2.54. The van der Waals surface area contributed by atoms with Crippen molar-refractivity contribution in [1.82, 2.24) is 0 Å². The second-order valence-corrected chi connectivity index (χ2v) is 14.4. The zero-order valence-corrected chi connectivity index (χ0v) is 24.6. The van der Waals surface area contributed by atoms with Gasteiger partial charge in [-0.05, 0) is 73.0 Å². The van der Waals surface area contributed by atoms with Crippen LogP contribution in [-0.2, 0) is 14.3 Å². The molecule has 4 heteroatoms. The number of rotatable bonds is 9. The van der Waals surface area contributed by atoms with E-state index >= 15 is 0 Å². The summed E-state index contributed by atoms with van der Waals surface area (Å²) < 4.78 is 5.93. The van der Waals surface area contributed by atoms with E-state index in [2.05, 4.69) is 60.6 Å².